The minimum absolute atomic E-state index is 0.0762. The lowest BCUT2D eigenvalue weighted by Crippen LogP contribution is -2.34. The van der Waals surface area contributed by atoms with Gasteiger partial charge in [0.15, 0.2) is 0 Å². The fraction of sp³-hybridized carbons (Fsp3) is 0.611. The molecule has 136 valence electrons. The zero-order valence-corrected chi connectivity index (χ0v) is 14.7. The van der Waals surface area contributed by atoms with Gasteiger partial charge in [-0.1, -0.05) is 24.3 Å². The van der Waals surface area contributed by atoms with Crippen molar-refractivity contribution in [2.24, 2.45) is 0 Å². The van der Waals surface area contributed by atoms with Gasteiger partial charge in [-0.3, -0.25) is 0 Å². The van der Waals surface area contributed by atoms with Crippen molar-refractivity contribution in [2.45, 2.75) is 57.8 Å². The summed E-state index contributed by atoms with van der Waals surface area (Å²) >= 11 is 0. The van der Waals surface area contributed by atoms with E-state index in [2.05, 4.69) is 5.32 Å². The molecule has 0 aliphatic rings. The van der Waals surface area contributed by atoms with Crippen LogP contribution in [0.5, 0.6) is 0 Å². The van der Waals surface area contributed by atoms with Crippen LogP contribution in [0.4, 0.5) is 4.79 Å². The van der Waals surface area contributed by atoms with E-state index in [0.29, 0.717) is 18.4 Å². The Morgan fingerprint density at radius 1 is 1.25 bits per heavy atom. The summed E-state index contributed by atoms with van der Waals surface area (Å²) in [6.07, 6.45) is -1.16. The second-order valence-electron chi connectivity index (χ2n) is 6.76. The molecule has 1 aromatic carbocycles. The van der Waals surface area contributed by atoms with Crippen molar-refractivity contribution in [3.63, 3.8) is 0 Å². The highest BCUT2D eigenvalue weighted by Gasteiger charge is 2.21. The molecule has 0 saturated carbocycles. The first-order valence-corrected chi connectivity index (χ1v) is 8.26. The molecular formula is C18H29NO5. The van der Waals surface area contributed by atoms with Gasteiger partial charge in [-0.05, 0) is 51.2 Å². The van der Waals surface area contributed by atoms with Crippen molar-refractivity contribution in [1.29, 1.82) is 0 Å². The van der Waals surface area contributed by atoms with E-state index in [1.165, 1.54) is 0 Å². The molecule has 0 bridgehead atoms. The topological polar surface area (TPSA) is 99.0 Å². The number of aryl methyl sites for hydroxylation is 1. The van der Waals surface area contributed by atoms with Gasteiger partial charge in [0.1, 0.15) is 11.7 Å². The number of hydrogen-bond donors (Lipinski definition) is 4. The number of alkyl carbamates (subject to hydrolysis) is 1. The fourth-order valence-corrected chi connectivity index (χ4v) is 2.32. The predicted molar refractivity (Wildman–Crippen MR) is 91.7 cm³/mol. The molecule has 24 heavy (non-hydrogen) atoms. The van der Waals surface area contributed by atoms with Gasteiger partial charge >= 0.3 is 6.09 Å². The maximum atomic E-state index is 11.6. The van der Waals surface area contributed by atoms with Gasteiger partial charge in [0, 0.05) is 13.2 Å². The highest BCUT2D eigenvalue weighted by Crippen LogP contribution is 2.23. The van der Waals surface area contributed by atoms with Crippen LogP contribution >= 0.6 is 0 Å². The molecule has 0 fully saturated rings. The molecule has 0 aliphatic carbocycles. The zero-order chi connectivity index (χ0) is 18.2. The first-order valence-electron chi connectivity index (χ1n) is 8.26. The molecule has 1 aromatic rings. The molecule has 4 N–H and O–H groups in total. The third kappa shape index (κ3) is 7.29. The Morgan fingerprint density at radius 3 is 2.54 bits per heavy atom. The number of carbonyl (C=O) groups is 1. The number of rotatable bonds is 8. The number of aliphatic hydroxyl groups is 3. The van der Waals surface area contributed by atoms with Crippen molar-refractivity contribution in [3.05, 3.63) is 35.4 Å². The van der Waals surface area contributed by atoms with Crippen molar-refractivity contribution in [1.82, 2.24) is 5.32 Å². The van der Waals surface area contributed by atoms with Crippen LogP contribution in [-0.4, -0.2) is 46.3 Å². The van der Waals surface area contributed by atoms with Gasteiger partial charge < -0.3 is 25.4 Å². The normalized spacial score (nSPS) is 14.1. The second-order valence-corrected chi connectivity index (χ2v) is 6.76. The fourth-order valence-electron chi connectivity index (χ4n) is 2.32. The lowest BCUT2D eigenvalue weighted by atomic mass is 9.95. The average molecular weight is 339 g/mol. The number of ether oxygens (including phenoxy) is 1. The van der Waals surface area contributed by atoms with E-state index in [-0.39, 0.29) is 19.6 Å². The first kappa shape index (κ1) is 20.4. The minimum Gasteiger partial charge on any atom is -0.444 e. The largest absolute Gasteiger partial charge is 0.444 e. The summed E-state index contributed by atoms with van der Waals surface area (Å²) < 4.78 is 5.11. The number of nitrogens with one attached hydrogen (secondary N) is 1. The van der Waals surface area contributed by atoms with E-state index in [4.69, 9.17) is 9.84 Å². The molecule has 0 aromatic heterocycles. The molecule has 6 heteroatoms. The van der Waals surface area contributed by atoms with Gasteiger partial charge in [-0.2, -0.15) is 0 Å². The Balaban J connectivity index is 2.53. The smallest absolute Gasteiger partial charge is 0.407 e. The highest BCUT2D eigenvalue weighted by molar-refractivity contribution is 5.67. The summed E-state index contributed by atoms with van der Waals surface area (Å²) in [4.78, 5) is 11.6. The SMILES string of the molecule is CC(C)(C)OC(=O)NCCC(O)C(O)c1ccccc1CCCO. The van der Waals surface area contributed by atoms with E-state index >= 15 is 0 Å². The van der Waals surface area contributed by atoms with Crippen LogP contribution in [0, 0.1) is 0 Å². The van der Waals surface area contributed by atoms with Gasteiger partial charge in [0.05, 0.1) is 6.10 Å². The van der Waals surface area contributed by atoms with Crippen LogP contribution in [-0.2, 0) is 11.2 Å². The third-order valence-electron chi connectivity index (χ3n) is 3.45. The summed E-state index contributed by atoms with van der Waals surface area (Å²) in [5.74, 6) is 0. The van der Waals surface area contributed by atoms with E-state index < -0.39 is 23.9 Å². The quantitative estimate of drug-likeness (QED) is 0.580. The molecule has 2 unspecified atom stereocenters. The summed E-state index contributed by atoms with van der Waals surface area (Å²) in [5.41, 5.74) is 0.974. The Bertz CT molecular complexity index is 512. The number of hydrogen-bond acceptors (Lipinski definition) is 5. The molecule has 0 aliphatic heterocycles. The molecule has 2 atom stereocenters. The van der Waals surface area contributed by atoms with Crippen LogP contribution in [0.2, 0.25) is 0 Å². The zero-order valence-electron chi connectivity index (χ0n) is 14.7. The van der Waals surface area contributed by atoms with E-state index in [9.17, 15) is 15.0 Å². The summed E-state index contributed by atoms with van der Waals surface area (Å²) in [6.45, 7) is 5.59. The van der Waals surface area contributed by atoms with E-state index in [0.717, 1.165) is 5.56 Å². The molecule has 6 nitrogen and oxygen atoms in total. The average Bonchev–Trinajstić information content (AvgIpc) is 2.50. The number of aliphatic hydroxyl groups excluding tert-OH is 3. The standard InChI is InChI=1S/C18H29NO5/c1-18(2,3)24-17(23)19-11-10-15(21)16(22)14-9-5-4-7-13(14)8-6-12-20/h4-5,7,9,15-16,20-22H,6,8,10-12H2,1-3H3,(H,19,23). The Morgan fingerprint density at radius 2 is 1.92 bits per heavy atom. The van der Waals surface area contributed by atoms with E-state index in [1.807, 2.05) is 12.1 Å². The maximum Gasteiger partial charge on any atom is 0.407 e. The lowest BCUT2D eigenvalue weighted by molar-refractivity contribution is 0.0118. The summed E-state index contributed by atoms with van der Waals surface area (Å²) in [5, 5.41) is 32.1. The third-order valence-corrected chi connectivity index (χ3v) is 3.45. The van der Waals surface area contributed by atoms with Crippen molar-refractivity contribution >= 4 is 6.09 Å². The lowest BCUT2D eigenvalue weighted by Gasteiger charge is -2.22. The molecule has 1 amide bonds. The van der Waals surface area contributed by atoms with Gasteiger partial charge in [0.2, 0.25) is 0 Å². The van der Waals surface area contributed by atoms with Crippen LogP contribution < -0.4 is 5.32 Å². The highest BCUT2D eigenvalue weighted by atomic mass is 16.6. The molecule has 0 heterocycles. The van der Waals surface area contributed by atoms with Crippen molar-refractivity contribution in [2.75, 3.05) is 13.2 Å². The molecule has 1 rings (SSSR count). The first-order chi connectivity index (χ1) is 11.2. The number of amides is 1. The minimum atomic E-state index is -1.04. The predicted octanol–water partition coefficient (Wildman–Crippen LogP) is 1.92. The van der Waals surface area contributed by atoms with Gasteiger partial charge in [-0.15, -0.1) is 0 Å². The Hall–Kier alpha value is -1.63. The van der Waals surface area contributed by atoms with Crippen LogP contribution in [0.15, 0.2) is 24.3 Å². The Kier molecular flexibility index (Phi) is 8.18. The van der Waals surface area contributed by atoms with Gasteiger partial charge in [0.25, 0.3) is 0 Å². The second kappa shape index (κ2) is 9.61. The molecule has 0 radical (unpaired) electrons. The van der Waals surface area contributed by atoms with E-state index in [1.54, 1.807) is 32.9 Å². The number of benzene rings is 1. The van der Waals surface area contributed by atoms with Crippen molar-refractivity contribution in [3.8, 4) is 0 Å². The van der Waals surface area contributed by atoms with Crippen LogP contribution in [0.3, 0.4) is 0 Å². The summed E-state index contributed by atoms with van der Waals surface area (Å²) in [7, 11) is 0. The monoisotopic (exact) mass is 339 g/mol. The molecular weight excluding hydrogens is 310 g/mol. The summed E-state index contributed by atoms with van der Waals surface area (Å²) in [6, 6.07) is 7.30. The molecule has 0 spiro atoms. The maximum absolute atomic E-state index is 11.6. The molecule has 0 saturated heterocycles. The van der Waals surface area contributed by atoms with Gasteiger partial charge in [-0.25, -0.2) is 4.79 Å². The van der Waals surface area contributed by atoms with Crippen molar-refractivity contribution < 1.29 is 24.9 Å². The van der Waals surface area contributed by atoms with Crippen LogP contribution in [0.25, 0.3) is 0 Å². The van der Waals surface area contributed by atoms with Crippen LogP contribution in [0.1, 0.15) is 50.8 Å². The number of carbonyl (C=O) groups excluding carboxylic acids is 1. The Labute approximate surface area is 143 Å².